The zero-order valence-electron chi connectivity index (χ0n) is 6.95. The molecule has 1 heterocycles. The van der Waals surface area contributed by atoms with E-state index in [0.29, 0.717) is 13.0 Å². The van der Waals surface area contributed by atoms with Crippen molar-refractivity contribution in [1.82, 2.24) is 0 Å². The van der Waals surface area contributed by atoms with E-state index in [1.165, 1.54) is 7.11 Å². The van der Waals surface area contributed by atoms with E-state index in [9.17, 15) is 13.2 Å². The van der Waals surface area contributed by atoms with Crippen molar-refractivity contribution in [3.63, 3.8) is 0 Å². The molecule has 0 saturated carbocycles. The van der Waals surface area contributed by atoms with Gasteiger partial charge in [-0.25, -0.2) is 8.42 Å². The highest BCUT2D eigenvalue weighted by atomic mass is 32.2. The molecular formula is C7H12O4S. The van der Waals surface area contributed by atoms with Crippen molar-refractivity contribution >= 4 is 16.1 Å². The maximum absolute atomic E-state index is 10.8. The molecule has 1 aliphatic rings. The van der Waals surface area contributed by atoms with Gasteiger partial charge in [-0.3, -0.25) is 0 Å². The highest BCUT2D eigenvalue weighted by Crippen LogP contribution is 2.33. The van der Waals surface area contributed by atoms with Gasteiger partial charge in [-0.2, -0.15) is 0 Å². The van der Waals surface area contributed by atoms with Crippen molar-refractivity contribution in [2.45, 2.75) is 6.42 Å². The SMILES string of the molecule is COCCC1(C=O)CS(=O)(=O)C1. The van der Waals surface area contributed by atoms with Gasteiger partial charge in [-0.1, -0.05) is 0 Å². The third-order valence-corrected chi connectivity index (χ3v) is 4.10. The third kappa shape index (κ3) is 1.84. The van der Waals surface area contributed by atoms with Crippen LogP contribution in [0.25, 0.3) is 0 Å². The fourth-order valence-corrected chi connectivity index (χ4v) is 3.50. The Morgan fingerprint density at radius 3 is 2.42 bits per heavy atom. The van der Waals surface area contributed by atoms with E-state index in [-0.39, 0.29) is 11.5 Å². The minimum atomic E-state index is -2.92. The molecule has 1 aliphatic heterocycles. The summed E-state index contributed by atoms with van der Waals surface area (Å²) < 4.78 is 26.4. The Hall–Kier alpha value is -0.420. The fraction of sp³-hybridized carbons (Fsp3) is 0.857. The van der Waals surface area contributed by atoms with E-state index in [1.807, 2.05) is 0 Å². The summed E-state index contributed by atoms with van der Waals surface area (Å²) in [5.41, 5.74) is -0.644. The number of aldehydes is 1. The van der Waals surface area contributed by atoms with Crippen LogP contribution in [0.5, 0.6) is 0 Å². The molecule has 0 aromatic carbocycles. The topological polar surface area (TPSA) is 60.4 Å². The highest BCUT2D eigenvalue weighted by Gasteiger charge is 2.47. The number of rotatable bonds is 4. The quantitative estimate of drug-likeness (QED) is 0.570. The van der Waals surface area contributed by atoms with Crippen LogP contribution in [-0.4, -0.2) is 39.9 Å². The van der Waals surface area contributed by atoms with Crippen molar-refractivity contribution in [2.75, 3.05) is 25.2 Å². The predicted molar refractivity (Wildman–Crippen MR) is 43.6 cm³/mol. The Balaban J connectivity index is 2.53. The molecule has 0 N–H and O–H groups in total. The van der Waals surface area contributed by atoms with E-state index in [2.05, 4.69) is 0 Å². The average Bonchev–Trinajstić information content (AvgIpc) is 1.96. The lowest BCUT2D eigenvalue weighted by Crippen LogP contribution is -2.50. The van der Waals surface area contributed by atoms with Crippen molar-refractivity contribution in [3.8, 4) is 0 Å². The summed E-state index contributed by atoms with van der Waals surface area (Å²) >= 11 is 0. The van der Waals surface area contributed by atoms with Crippen molar-refractivity contribution in [1.29, 1.82) is 0 Å². The highest BCUT2D eigenvalue weighted by molar-refractivity contribution is 7.93. The first-order valence-electron chi connectivity index (χ1n) is 3.69. The standard InChI is InChI=1S/C7H12O4S/c1-11-3-2-7(4-8)5-12(9,10)6-7/h4H,2-3,5-6H2,1H3. The smallest absolute Gasteiger partial charge is 0.152 e. The van der Waals surface area contributed by atoms with Gasteiger partial charge < -0.3 is 9.53 Å². The first-order chi connectivity index (χ1) is 5.54. The van der Waals surface area contributed by atoms with E-state index in [4.69, 9.17) is 4.74 Å². The number of carbonyl (C=O) groups is 1. The molecule has 1 fully saturated rings. The van der Waals surface area contributed by atoms with Crippen LogP contribution in [0.4, 0.5) is 0 Å². The molecule has 12 heavy (non-hydrogen) atoms. The molecule has 0 atom stereocenters. The zero-order chi connectivity index (χ0) is 9.24. The second-order valence-electron chi connectivity index (χ2n) is 3.26. The van der Waals surface area contributed by atoms with Crippen LogP contribution in [-0.2, 0) is 19.4 Å². The Labute approximate surface area is 71.8 Å². The van der Waals surface area contributed by atoms with Crippen LogP contribution >= 0.6 is 0 Å². The lowest BCUT2D eigenvalue weighted by Gasteiger charge is -2.35. The predicted octanol–water partition coefficient (Wildman–Crippen LogP) is -0.363. The molecule has 0 radical (unpaired) electrons. The van der Waals surface area contributed by atoms with Gasteiger partial charge in [0.1, 0.15) is 6.29 Å². The molecule has 0 bridgehead atoms. The van der Waals surface area contributed by atoms with Crippen LogP contribution in [0.3, 0.4) is 0 Å². The van der Waals surface area contributed by atoms with Crippen molar-refractivity contribution < 1.29 is 17.9 Å². The molecule has 0 spiro atoms. The molecule has 0 amide bonds. The van der Waals surface area contributed by atoms with Crippen LogP contribution in [0, 0.1) is 5.41 Å². The average molecular weight is 192 g/mol. The van der Waals surface area contributed by atoms with Gasteiger partial charge in [0, 0.05) is 13.7 Å². The van der Waals surface area contributed by atoms with Gasteiger partial charge in [0.2, 0.25) is 0 Å². The van der Waals surface area contributed by atoms with E-state index < -0.39 is 15.3 Å². The summed E-state index contributed by atoms with van der Waals surface area (Å²) in [6.45, 7) is 0.439. The Morgan fingerprint density at radius 2 is 2.08 bits per heavy atom. The van der Waals surface area contributed by atoms with Crippen molar-refractivity contribution in [2.24, 2.45) is 5.41 Å². The van der Waals surface area contributed by atoms with Gasteiger partial charge in [-0.15, -0.1) is 0 Å². The minimum absolute atomic E-state index is 0.00708. The molecule has 5 heteroatoms. The zero-order valence-corrected chi connectivity index (χ0v) is 7.76. The number of sulfone groups is 1. The lowest BCUT2D eigenvalue weighted by atomic mass is 9.90. The molecule has 4 nitrogen and oxygen atoms in total. The number of hydrogen-bond donors (Lipinski definition) is 0. The van der Waals surface area contributed by atoms with Crippen molar-refractivity contribution in [3.05, 3.63) is 0 Å². The largest absolute Gasteiger partial charge is 0.385 e. The van der Waals surface area contributed by atoms with Gasteiger partial charge in [0.05, 0.1) is 16.9 Å². The van der Waals surface area contributed by atoms with Gasteiger partial charge in [0.15, 0.2) is 9.84 Å². The first-order valence-corrected chi connectivity index (χ1v) is 5.51. The maximum atomic E-state index is 10.8. The summed E-state index contributed by atoms with van der Waals surface area (Å²) in [5.74, 6) is -0.0142. The minimum Gasteiger partial charge on any atom is -0.385 e. The number of carbonyl (C=O) groups excluding carboxylic acids is 1. The van der Waals surface area contributed by atoms with E-state index in [1.54, 1.807) is 0 Å². The fourth-order valence-electron chi connectivity index (χ4n) is 1.41. The van der Waals surface area contributed by atoms with Crippen LogP contribution < -0.4 is 0 Å². The molecule has 0 aromatic heterocycles. The summed E-state index contributed by atoms with van der Waals surface area (Å²) in [6, 6.07) is 0. The summed E-state index contributed by atoms with van der Waals surface area (Å²) in [6.07, 6.45) is 1.25. The molecule has 70 valence electrons. The van der Waals surface area contributed by atoms with Gasteiger partial charge in [-0.05, 0) is 6.42 Å². The van der Waals surface area contributed by atoms with Crippen LogP contribution in [0.2, 0.25) is 0 Å². The second kappa shape index (κ2) is 3.14. The number of ether oxygens (including phenoxy) is 1. The van der Waals surface area contributed by atoms with E-state index >= 15 is 0 Å². The Bertz CT molecular complexity index is 255. The normalized spacial score (nSPS) is 24.4. The molecular weight excluding hydrogens is 180 g/mol. The van der Waals surface area contributed by atoms with Crippen LogP contribution in [0.15, 0.2) is 0 Å². The Morgan fingerprint density at radius 1 is 1.50 bits per heavy atom. The summed E-state index contributed by atoms with van der Waals surface area (Å²) in [4.78, 5) is 10.6. The first kappa shape index (κ1) is 9.67. The van der Waals surface area contributed by atoms with Gasteiger partial charge >= 0.3 is 0 Å². The third-order valence-electron chi connectivity index (χ3n) is 2.07. The summed E-state index contributed by atoms with van der Waals surface area (Å²) in [7, 11) is -1.39. The molecule has 0 aliphatic carbocycles. The lowest BCUT2D eigenvalue weighted by molar-refractivity contribution is -0.115. The Kier molecular flexibility index (Phi) is 2.53. The second-order valence-corrected chi connectivity index (χ2v) is 5.32. The number of hydrogen-bond acceptors (Lipinski definition) is 4. The maximum Gasteiger partial charge on any atom is 0.152 e. The molecule has 0 aromatic rings. The van der Waals surface area contributed by atoms with Gasteiger partial charge in [0.25, 0.3) is 0 Å². The monoisotopic (exact) mass is 192 g/mol. The summed E-state index contributed by atoms with van der Waals surface area (Å²) in [5, 5.41) is 0. The van der Waals surface area contributed by atoms with Crippen LogP contribution in [0.1, 0.15) is 6.42 Å². The van der Waals surface area contributed by atoms with E-state index in [0.717, 1.165) is 6.29 Å². The molecule has 1 saturated heterocycles. The molecule has 1 rings (SSSR count). The molecule has 0 unspecified atom stereocenters. The number of methoxy groups -OCH3 is 1.